The minimum Gasteiger partial charge on any atom is -0.386 e. The van der Waals surface area contributed by atoms with Gasteiger partial charge in [-0.05, 0) is 48.6 Å². The highest BCUT2D eigenvalue weighted by Gasteiger charge is 2.31. The van der Waals surface area contributed by atoms with E-state index in [-0.39, 0.29) is 6.10 Å². The number of ether oxygens (including phenoxy) is 1. The van der Waals surface area contributed by atoms with E-state index < -0.39 is 6.10 Å². The Morgan fingerprint density at radius 3 is 2.43 bits per heavy atom. The summed E-state index contributed by atoms with van der Waals surface area (Å²) in [6, 6.07) is 8.58. The van der Waals surface area contributed by atoms with Crippen LogP contribution in [0.15, 0.2) is 24.3 Å². The van der Waals surface area contributed by atoms with Crippen molar-refractivity contribution in [3.05, 3.63) is 35.4 Å². The number of benzene rings is 1. The highest BCUT2D eigenvalue weighted by atomic mass is 16.5. The van der Waals surface area contributed by atoms with Crippen LogP contribution in [0.5, 0.6) is 0 Å². The molecule has 0 aliphatic heterocycles. The number of aliphatic hydroxyl groups is 1. The van der Waals surface area contributed by atoms with Crippen molar-refractivity contribution in [3.8, 4) is 0 Å². The average molecular weight is 288 g/mol. The number of rotatable bonds is 5. The van der Waals surface area contributed by atoms with Gasteiger partial charge in [-0.15, -0.1) is 0 Å². The molecule has 0 spiro atoms. The van der Waals surface area contributed by atoms with Crippen molar-refractivity contribution in [1.29, 1.82) is 0 Å². The summed E-state index contributed by atoms with van der Waals surface area (Å²) < 4.78 is 5.70. The quantitative estimate of drug-likeness (QED) is 0.859. The van der Waals surface area contributed by atoms with Crippen LogP contribution in [0.25, 0.3) is 0 Å². The maximum atomic E-state index is 10.8. The fourth-order valence-electron chi connectivity index (χ4n) is 3.97. The van der Waals surface area contributed by atoms with Crippen LogP contribution in [0.3, 0.4) is 0 Å². The van der Waals surface area contributed by atoms with Gasteiger partial charge in [-0.1, -0.05) is 49.9 Å². The Balaban J connectivity index is 1.73. The Morgan fingerprint density at radius 1 is 1.05 bits per heavy atom. The van der Waals surface area contributed by atoms with Crippen molar-refractivity contribution in [1.82, 2.24) is 0 Å². The van der Waals surface area contributed by atoms with E-state index in [1.165, 1.54) is 56.9 Å². The molecule has 2 saturated carbocycles. The highest BCUT2D eigenvalue weighted by Crippen LogP contribution is 2.38. The van der Waals surface area contributed by atoms with Crippen molar-refractivity contribution >= 4 is 0 Å². The summed E-state index contributed by atoms with van der Waals surface area (Å²) in [5.41, 5.74) is 2.44. The molecular weight excluding hydrogens is 260 g/mol. The van der Waals surface area contributed by atoms with Crippen LogP contribution in [0, 0.1) is 5.92 Å². The maximum absolute atomic E-state index is 10.8. The second-order valence-corrected chi connectivity index (χ2v) is 6.84. The lowest BCUT2D eigenvalue weighted by atomic mass is 9.78. The van der Waals surface area contributed by atoms with Crippen molar-refractivity contribution in [2.45, 2.75) is 69.5 Å². The van der Waals surface area contributed by atoms with Crippen molar-refractivity contribution < 1.29 is 9.84 Å². The minimum absolute atomic E-state index is 0.0538. The number of aliphatic hydroxyl groups excluding tert-OH is 1. The van der Waals surface area contributed by atoms with Gasteiger partial charge in [0, 0.05) is 7.11 Å². The molecular formula is C19H28O2. The first-order valence-electron chi connectivity index (χ1n) is 8.60. The fraction of sp³-hybridized carbons (Fsp3) is 0.684. The SMILES string of the molecule is COC(C1CCCCC1)C(O)c1cccc(C2CCC2)c1. The molecule has 0 bridgehead atoms. The molecule has 0 saturated heterocycles. The first-order valence-corrected chi connectivity index (χ1v) is 8.60. The standard InChI is InChI=1S/C19H28O2/c1-21-19(15-7-3-2-4-8-15)18(20)17-12-6-11-16(13-17)14-9-5-10-14/h6,11-15,18-20H,2-5,7-10H2,1H3. The zero-order valence-electron chi connectivity index (χ0n) is 13.1. The van der Waals surface area contributed by atoms with E-state index in [0.717, 1.165) is 5.56 Å². The van der Waals surface area contributed by atoms with Gasteiger partial charge in [0.1, 0.15) is 6.10 Å². The largest absolute Gasteiger partial charge is 0.386 e. The number of methoxy groups -OCH3 is 1. The van der Waals surface area contributed by atoms with Gasteiger partial charge >= 0.3 is 0 Å². The normalized spacial score (nSPS) is 23.5. The topological polar surface area (TPSA) is 29.5 Å². The van der Waals surface area contributed by atoms with Crippen LogP contribution >= 0.6 is 0 Å². The number of hydrogen-bond acceptors (Lipinski definition) is 2. The Hall–Kier alpha value is -0.860. The Morgan fingerprint density at radius 2 is 1.81 bits per heavy atom. The van der Waals surface area contributed by atoms with Crippen molar-refractivity contribution in [3.63, 3.8) is 0 Å². The molecule has 2 aliphatic carbocycles. The maximum Gasteiger partial charge on any atom is 0.105 e. The van der Waals surface area contributed by atoms with Crippen LogP contribution in [-0.4, -0.2) is 18.3 Å². The molecule has 116 valence electrons. The lowest BCUT2D eigenvalue weighted by molar-refractivity contribution is -0.0559. The molecule has 2 nitrogen and oxygen atoms in total. The first-order chi connectivity index (χ1) is 10.3. The van der Waals surface area contributed by atoms with Gasteiger partial charge in [0.15, 0.2) is 0 Å². The van der Waals surface area contributed by atoms with E-state index in [1.54, 1.807) is 7.11 Å². The van der Waals surface area contributed by atoms with Crippen molar-refractivity contribution in [2.75, 3.05) is 7.11 Å². The highest BCUT2D eigenvalue weighted by molar-refractivity contribution is 5.29. The third-order valence-electron chi connectivity index (χ3n) is 5.53. The van der Waals surface area contributed by atoms with E-state index in [9.17, 15) is 5.11 Å². The van der Waals surface area contributed by atoms with Crippen LogP contribution < -0.4 is 0 Å². The second-order valence-electron chi connectivity index (χ2n) is 6.84. The van der Waals surface area contributed by atoms with Gasteiger partial charge < -0.3 is 9.84 Å². The molecule has 3 rings (SSSR count). The van der Waals surface area contributed by atoms with Crippen LogP contribution in [0.4, 0.5) is 0 Å². The van der Waals surface area contributed by atoms with Gasteiger partial charge in [0.05, 0.1) is 6.10 Å². The molecule has 21 heavy (non-hydrogen) atoms. The molecule has 1 N–H and O–H groups in total. The molecule has 2 heteroatoms. The molecule has 2 atom stereocenters. The van der Waals surface area contributed by atoms with Gasteiger partial charge in [-0.25, -0.2) is 0 Å². The molecule has 2 aliphatic rings. The van der Waals surface area contributed by atoms with Crippen LogP contribution in [0.2, 0.25) is 0 Å². The fourth-order valence-corrected chi connectivity index (χ4v) is 3.97. The van der Waals surface area contributed by atoms with Crippen LogP contribution in [-0.2, 0) is 4.74 Å². The van der Waals surface area contributed by atoms with Gasteiger partial charge in [0.25, 0.3) is 0 Å². The summed E-state index contributed by atoms with van der Waals surface area (Å²) >= 11 is 0. The first kappa shape index (κ1) is 15.1. The molecule has 0 heterocycles. The predicted molar refractivity (Wildman–Crippen MR) is 85.4 cm³/mol. The molecule has 0 amide bonds. The Labute approximate surface area is 128 Å². The third kappa shape index (κ3) is 3.32. The molecule has 2 fully saturated rings. The molecule has 1 aromatic rings. The monoisotopic (exact) mass is 288 g/mol. The van der Waals surface area contributed by atoms with Gasteiger partial charge in [0.2, 0.25) is 0 Å². The van der Waals surface area contributed by atoms with E-state index in [4.69, 9.17) is 4.74 Å². The summed E-state index contributed by atoms with van der Waals surface area (Å²) in [7, 11) is 1.75. The molecule has 0 radical (unpaired) electrons. The summed E-state index contributed by atoms with van der Waals surface area (Å²) in [6.07, 6.45) is 9.68. The summed E-state index contributed by atoms with van der Waals surface area (Å²) in [4.78, 5) is 0. The molecule has 2 unspecified atom stereocenters. The lowest BCUT2D eigenvalue weighted by Gasteiger charge is -2.33. The van der Waals surface area contributed by atoms with E-state index in [1.807, 2.05) is 0 Å². The second kappa shape index (κ2) is 6.93. The Bertz CT molecular complexity index is 447. The summed E-state index contributed by atoms with van der Waals surface area (Å²) in [5, 5.41) is 10.8. The van der Waals surface area contributed by atoms with Gasteiger partial charge in [-0.3, -0.25) is 0 Å². The zero-order valence-corrected chi connectivity index (χ0v) is 13.1. The smallest absolute Gasteiger partial charge is 0.105 e. The Kier molecular flexibility index (Phi) is 4.97. The van der Waals surface area contributed by atoms with Gasteiger partial charge in [-0.2, -0.15) is 0 Å². The van der Waals surface area contributed by atoms with Crippen molar-refractivity contribution in [2.24, 2.45) is 5.92 Å². The van der Waals surface area contributed by atoms with E-state index in [0.29, 0.717) is 11.8 Å². The summed E-state index contributed by atoms with van der Waals surface area (Å²) in [6.45, 7) is 0. The minimum atomic E-state index is -0.488. The van der Waals surface area contributed by atoms with Crippen LogP contribution in [0.1, 0.15) is 74.5 Å². The predicted octanol–water partition coefficient (Wildman–Crippen LogP) is 4.58. The molecule has 0 aromatic heterocycles. The third-order valence-corrected chi connectivity index (χ3v) is 5.53. The average Bonchev–Trinajstić information content (AvgIpc) is 2.47. The lowest BCUT2D eigenvalue weighted by Crippen LogP contribution is -2.31. The zero-order chi connectivity index (χ0) is 14.7. The van der Waals surface area contributed by atoms with E-state index >= 15 is 0 Å². The summed E-state index contributed by atoms with van der Waals surface area (Å²) in [5.74, 6) is 1.22. The molecule has 1 aromatic carbocycles. The number of hydrogen-bond donors (Lipinski definition) is 1. The van der Waals surface area contributed by atoms with E-state index in [2.05, 4.69) is 24.3 Å².